The van der Waals surface area contributed by atoms with Gasteiger partial charge in [0, 0.05) is 22.1 Å². The van der Waals surface area contributed by atoms with Crippen molar-refractivity contribution < 1.29 is 0 Å². The minimum absolute atomic E-state index is 0.764. The van der Waals surface area contributed by atoms with Crippen molar-refractivity contribution in [3.63, 3.8) is 0 Å². The van der Waals surface area contributed by atoms with Crippen molar-refractivity contribution in [1.82, 2.24) is 9.13 Å². The van der Waals surface area contributed by atoms with E-state index < -0.39 is 0 Å². The van der Waals surface area contributed by atoms with E-state index in [4.69, 9.17) is 9.98 Å². The number of hydrogen-bond donors (Lipinski definition) is 0. The third-order valence-corrected chi connectivity index (χ3v) is 6.60. The Hall–Kier alpha value is -3.40. The second-order valence-electron chi connectivity index (χ2n) is 8.14. The Morgan fingerprint density at radius 3 is 1.55 bits per heavy atom. The van der Waals surface area contributed by atoms with E-state index in [0.29, 0.717) is 0 Å². The molecule has 0 amide bonds. The summed E-state index contributed by atoms with van der Waals surface area (Å²) in [6.07, 6.45) is 8.56. The van der Waals surface area contributed by atoms with Gasteiger partial charge in [-0.25, -0.2) is 9.98 Å². The number of aliphatic imine (C=N–C) groups is 2. The smallest absolute Gasteiger partial charge is 0.1000 e. The zero-order valence-electron chi connectivity index (χ0n) is 17.1. The normalized spacial score (nSPS) is 19.3. The summed E-state index contributed by atoms with van der Waals surface area (Å²) >= 11 is 0. The quantitative estimate of drug-likeness (QED) is 0.671. The van der Waals surface area contributed by atoms with E-state index >= 15 is 0 Å². The fourth-order valence-corrected chi connectivity index (χ4v) is 4.78. The molecule has 4 nitrogen and oxygen atoms in total. The Morgan fingerprint density at radius 2 is 1.07 bits per heavy atom. The maximum Gasteiger partial charge on any atom is 0.1000 e. The van der Waals surface area contributed by atoms with Crippen molar-refractivity contribution in [2.75, 3.05) is 0 Å². The monoisotopic (exact) mass is 378 g/mol. The SMILES string of the molecule is CC1=C2C=CC(=N2)C(C)=c2ccc3n2Cn2c1ccc2C(C)=C1C=CC(=N1)C=3C. The molecule has 0 spiro atoms. The van der Waals surface area contributed by atoms with Crippen LogP contribution in [-0.4, -0.2) is 20.6 Å². The highest BCUT2D eigenvalue weighted by Crippen LogP contribution is 2.32. The van der Waals surface area contributed by atoms with Gasteiger partial charge in [0.1, 0.15) is 0 Å². The van der Waals surface area contributed by atoms with Crippen molar-refractivity contribution >= 4 is 33.7 Å². The van der Waals surface area contributed by atoms with E-state index in [2.05, 4.69) is 85.4 Å². The third kappa shape index (κ3) is 2.14. The van der Waals surface area contributed by atoms with Crippen molar-refractivity contribution in [2.45, 2.75) is 34.4 Å². The highest BCUT2D eigenvalue weighted by molar-refractivity contribution is 6.26. The highest BCUT2D eigenvalue weighted by Gasteiger charge is 2.22. The summed E-state index contributed by atoms with van der Waals surface area (Å²) in [4.78, 5) is 9.92. The molecule has 6 heterocycles. The summed E-state index contributed by atoms with van der Waals surface area (Å²) in [5.41, 5.74) is 11.4. The maximum atomic E-state index is 4.96. The predicted molar refractivity (Wildman–Crippen MR) is 120 cm³/mol. The van der Waals surface area contributed by atoms with Gasteiger partial charge in [-0.3, -0.25) is 0 Å². The standard InChI is InChI=1S/C25H22N4/c1-14-18-5-6-19(26-18)15(2)24-11-12-25-17(4)21-8-7-20(27-21)16(3)23-10-9-22(14)28(23)13-29(24)25/h5-12H,13H2,1-4H3. The predicted octanol–water partition coefficient (Wildman–Crippen LogP) is 3.65. The van der Waals surface area contributed by atoms with Gasteiger partial charge in [-0.15, -0.1) is 0 Å². The summed E-state index contributed by atoms with van der Waals surface area (Å²) in [5.74, 6) is 0. The molecule has 4 aliphatic heterocycles. The van der Waals surface area contributed by atoms with Gasteiger partial charge in [-0.05, 0) is 98.6 Å². The fourth-order valence-electron chi connectivity index (χ4n) is 4.78. The molecule has 0 unspecified atom stereocenters. The first kappa shape index (κ1) is 16.5. The van der Waals surface area contributed by atoms with Crippen molar-refractivity contribution in [2.24, 2.45) is 9.98 Å². The molecule has 0 atom stereocenters. The maximum absolute atomic E-state index is 4.96. The van der Waals surface area contributed by atoms with Crippen LogP contribution in [0.15, 0.2) is 69.9 Å². The number of allylic oxidation sites excluding steroid dienone is 6. The van der Waals surface area contributed by atoms with Crippen LogP contribution in [0.2, 0.25) is 0 Å². The van der Waals surface area contributed by atoms with Crippen LogP contribution in [0.1, 0.15) is 39.1 Å². The van der Waals surface area contributed by atoms with Crippen LogP contribution in [0, 0.1) is 0 Å². The second kappa shape index (κ2) is 5.57. The number of hydrogen-bond acceptors (Lipinski definition) is 2. The summed E-state index contributed by atoms with van der Waals surface area (Å²) in [6.45, 7) is 9.46. The minimum atomic E-state index is 0.764. The molecule has 0 saturated carbocycles. The van der Waals surface area contributed by atoms with Crippen LogP contribution in [0.25, 0.3) is 22.3 Å². The first-order valence-corrected chi connectivity index (χ1v) is 10.1. The van der Waals surface area contributed by atoms with Gasteiger partial charge in [-0.2, -0.15) is 0 Å². The average molecular weight is 378 g/mol. The van der Waals surface area contributed by atoms with Gasteiger partial charge in [0.05, 0.1) is 29.5 Å². The summed E-state index contributed by atoms with van der Waals surface area (Å²) in [7, 11) is 0. The van der Waals surface area contributed by atoms with Crippen LogP contribution >= 0.6 is 0 Å². The van der Waals surface area contributed by atoms with E-state index in [1.165, 1.54) is 44.4 Å². The van der Waals surface area contributed by atoms with E-state index in [-0.39, 0.29) is 0 Å². The third-order valence-electron chi connectivity index (χ3n) is 6.60. The molecule has 4 aliphatic rings. The molecule has 29 heavy (non-hydrogen) atoms. The van der Waals surface area contributed by atoms with Gasteiger partial charge < -0.3 is 9.13 Å². The lowest BCUT2D eigenvalue weighted by Crippen LogP contribution is -2.34. The molecular weight excluding hydrogens is 356 g/mol. The lowest BCUT2D eigenvalue weighted by atomic mass is 10.1. The Kier molecular flexibility index (Phi) is 3.18. The van der Waals surface area contributed by atoms with Crippen LogP contribution < -0.4 is 10.7 Å². The minimum Gasteiger partial charge on any atom is -0.322 e. The molecule has 6 rings (SSSR count). The lowest BCUT2D eigenvalue weighted by molar-refractivity contribution is 0.577. The van der Waals surface area contributed by atoms with Crippen molar-refractivity contribution in [3.8, 4) is 0 Å². The summed E-state index contributed by atoms with van der Waals surface area (Å²) < 4.78 is 4.83. The molecule has 142 valence electrons. The van der Waals surface area contributed by atoms with Gasteiger partial charge in [0.2, 0.25) is 0 Å². The van der Waals surface area contributed by atoms with Crippen LogP contribution in [0.4, 0.5) is 0 Å². The highest BCUT2D eigenvalue weighted by atomic mass is 15.2. The van der Waals surface area contributed by atoms with E-state index in [0.717, 1.165) is 29.5 Å². The van der Waals surface area contributed by atoms with Crippen LogP contribution in [0.5, 0.6) is 0 Å². The molecule has 4 heteroatoms. The van der Waals surface area contributed by atoms with E-state index in [1.54, 1.807) is 0 Å². The van der Waals surface area contributed by atoms with E-state index in [1.807, 2.05) is 0 Å². The lowest BCUT2D eigenvalue weighted by Gasteiger charge is -2.19. The summed E-state index contributed by atoms with van der Waals surface area (Å²) in [6, 6.07) is 8.90. The molecule has 2 aromatic rings. The Morgan fingerprint density at radius 1 is 0.586 bits per heavy atom. The zero-order chi connectivity index (χ0) is 19.9. The number of aromatic nitrogens is 2. The van der Waals surface area contributed by atoms with Gasteiger partial charge in [0.15, 0.2) is 0 Å². The summed E-state index contributed by atoms with van der Waals surface area (Å²) in [5, 5.41) is 2.42. The molecular formula is C25H22N4. The molecule has 6 bridgehead atoms. The molecule has 0 saturated heterocycles. The zero-order valence-corrected chi connectivity index (χ0v) is 17.1. The number of nitrogens with zero attached hydrogens (tertiary/aromatic N) is 4. The molecule has 0 aromatic carbocycles. The molecule has 0 aliphatic carbocycles. The fraction of sp³-hybridized carbons (Fsp3) is 0.200. The Balaban J connectivity index is 1.86. The average Bonchev–Trinajstić information content (AvgIpc) is 3.51. The molecule has 0 radical (unpaired) electrons. The Labute approximate surface area is 169 Å². The topological polar surface area (TPSA) is 34.6 Å². The van der Waals surface area contributed by atoms with Crippen LogP contribution in [0.3, 0.4) is 0 Å². The molecule has 2 aromatic heterocycles. The van der Waals surface area contributed by atoms with Crippen molar-refractivity contribution in [1.29, 1.82) is 0 Å². The number of rotatable bonds is 0. The van der Waals surface area contributed by atoms with Crippen molar-refractivity contribution in [3.05, 3.63) is 82.0 Å². The first-order valence-electron chi connectivity index (χ1n) is 10.1. The van der Waals surface area contributed by atoms with Gasteiger partial charge in [-0.1, -0.05) is 0 Å². The van der Waals surface area contributed by atoms with Gasteiger partial charge in [0.25, 0.3) is 0 Å². The second-order valence-corrected chi connectivity index (χ2v) is 8.14. The number of fused-ring (bicyclic) bond motifs is 2. The largest absolute Gasteiger partial charge is 0.322 e. The molecule has 0 fully saturated rings. The van der Waals surface area contributed by atoms with Gasteiger partial charge >= 0.3 is 0 Å². The molecule has 0 N–H and O–H groups in total. The van der Waals surface area contributed by atoms with Crippen LogP contribution in [-0.2, 0) is 6.67 Å². The first-order chi connectivity index (χ1) is 14.0. The Bertz CT molecular complexity index is 1330. The van der Waals surface area contributed by atoms with E-state index in [9.17, 15) is 0 Å².